The van der Waals surface area contributed by atoms with E-state index in [2.05, 4.69) is 57.5 Å². The van der Waals surface area contributed by atoms with Crippen LogP contribution in [0.4, 0.5) is 5.82 Å². The SMILES string of the molecule is Cc1cccc(CC2CCCN(c3ncnc4sccc34)C2)c1. The predicted molar refractivity (Wildman–Crippen MR) is 97.2 cm³/mol. The summed E-state index contributed by atoms with van der Waals surface area (Å²) in [6, 6.07) is 11.1. The summed E-state index contributed by atoms with van der Waals surface area (Å²) in [4.78, 5) is 12.5. The lowest BCUT2D eigenvalue weighted by molar-refractivity contribution is 0.412. The molecule has 4 heteroatoms. The number of thiophene rings is 1. The minimum atomic E-state index is 0.703. The van der Waals surface area contributed by atoms with Gasteiger partial charge in [-0.25, -0.2) is 9.97 Å². The molecule has 0 spiro atoms. The third kappa shape index (κ3) is 3.08. The van der Waals surface area contributed by atoms with Crippen LogP contribution in [0.15, 0.2) is 42.0 Å². The van der Waals surface area contributed by atoms with Gasteiger partial charge in [0.25, 0.3) is 0 Å². The summed E-state index contributed by atoms with van der Waals surface area (Å²) in [7, 11) is 0. The Kier molecular flexibility index (Phi) is 4.00. The Morgan fingerprint density at radius 1 is 1.26 bits per heavy atom. The molecule has 0 saturated carbocycles. The number of aromatic nitrogens is 2. The van der Waals surface area contributed by atoms with E-state index in [9.17, 15) is 0 Å². The van der Waals surface area contributed by atoms with Gasteiger partial charge >= 0.3 is 0 Å². The van der Waals surface area contributed by atoms with Crippen molar-refractivity contribution in [2.24, 2.45) is 5.92 Å². The van der Waals surface area contributed by atoms with Crippen molar-refractivity contribution in [1.82, 2.24) is 9.97 Å². The molecule has 3 nitrogen and oxygen atoms in total. The van der Waals surface area contributed by atoms with Gasteiger partial charge in [-0.05, 0) is 49.1 Å². The largest absolute Gasteiger partial charge is 0.356 e. The minimum Gasteiger partial charge on any atom is -0.356 e. The van der Waals surface area contributed by atoms with Crippen LogP contribution in [-0.2, 0) is 6.42 Å². The summed E-state index contributed by atoms with van der Waals surface area (Å²) in [6.07, 6.45) is 5.42. The Morgan fingerprint density at radius 2 is 2.22 bits per heavy atom. The Hall–Kier alpha value is -1.94. The standard InChI is InChI=1S/C19H21N3S/c1-14-4-2-5-15(10-14)11-16-6-3-8-22(12-16)18-17-7-9-23-19(17)21-13-20-18/h2,4-5,7,9-10,13,16H,3,6,8,11-12H2,1H3. The normalized spacial score (nSPS) is 18.5. The molecule has 1 saturated heterocycles. The Morgan fingerprint density at radius 3 is 3.13 bits per heavy atom. The van der Waals surface area contributed by atoms with Crippen LogP contribution >= 0.6 is 11.3 Å². The fourth-order valence-electron chi connectivity index (χ4n) is 3.63. The van der Waals surface area contributed by atoms with Crippen LogP contribution in [0.1, 0.15) is 24.0 Å². The molecule has 0 N–H and O–H groups in total. The number of hydrogen-bond acceptors (Lipinski definition) is 4. The Labute approximate surface area is 141 Å². The van der Waals surface area contributed by atoms with Crippen molar-refractivity contribution < 1.29 is 0 Å². The maximum Gasteiger partial charge on any atom is 0.140 e. The van der Waals surface area contributed by atoms with Gasteiger partial charge in [-0.2, -0.15) is 0 Å². The molecule has 1 unspecified atom stereocenters. The first-order valence-electron chi connectivity index (χ1n) is 8.28. The molecule has 23 heavy (non-hydrogen) atoms. The molecular weight excluding hydrogens is 302 g/mol. The second-order valence-corrected chi connectivity index (χ2v) is 7.38. The molecule has 3 aromatic rings. The van der Waals surface area contributed by atoms with Gasteiger partial charge in [0.2, 0.25) is 0 Å². The number of aryl methyl sites for hydroxylation is 1. The second-order valence-electron chi connectivity index (χ2n) is 6.48. The molecule has 0 amide bonds. The molecule has 0 radical (unpaired) electrons. The first-order chi connectivity index (χ1) is 11.3. The zero-order valence-electron chi connectivity index (χ0n) is 13.4. The van der Waals surface area contributed by atoms with E-state index in [4.69, 9.17) is 0 Å². The highest BCUT2D eigenvalue weighted by Gasteiger charge is 2.22. The summed E-state index contributed by atoms with van der Waals surface area (Å²) in [5.41, 5.74) is 2.81. The van der Waals surface area contributed by atoms with E-state index in [0.717, 1.165) is 30.2 Å². The van der Waals surface area contributed by atoms with Gasteiger partial charge in [0, 0.05) is 13.1 Å². The molecule has 2 aromatic heterocycles. The van der Waals surface area contributed by atoms with Crippen LogP contribution < -0.4 is 4.90 Å². The molecule has 118 valence electrons. The smallest absolute Gasteiger partial charge is 0.140 e. The number of rotatable bonds is 3. The minimum absolute atomic E-state index is 0.703. The molecule has 0 aliphatic carbocycles. The number of hydrogen-bond donors (Lipinski definition) is 0. The van der Waals surface area contributed by atoms with Crippen molar-refractivity contribution >= 4 is 27.4 Å². The highest BCUT2D eigenvalue weighted by molar-refractivity contribution is 7.16. The number of anilines is 1. The van der Waals surface area contributed by atoms with Crippen molar-refractivity contribution in [1.29, 1.82) is 0 Å². The van der Waals surface area contributed by atoms with Gasteiger partial charge < -0.3 is 4.90 Å². The van der Waals surface area contributed by atoms with E-state index in [0.29, 0.717) is 5.92 Å². The van der Waals surface area contributed by atoms with Crippen molar-refractivity contribution in [2.75, 3.05) is 18.0 Å². The van der Waals surface area contributed by atoms with Gasteiger partial charge in [0.1, 0.15) is 17.0 Å². The molecule has 1 fully saturated rings. The molecule has 3 heterocycles. The number of fused-ring (bicyclic) bond motifs is 1. The zero-order valence-corrected chi connectivity index (χ0v) is 14.2. The monoisotopic (exact) mass is 323 g/mol. The predicted octanol–water partition coefficient (Wildman–Crippen LogP) is 4.46. The average Bonchev–Trinajstić information content (AvgIpc) is 3.03. The van der Waals surface area contributed by atoms with E-state index in [-0.39, 0.29) is 0 Å². The summed E-state index contributed by atoms with van der Waals surface area (Å²) < 4.78 is 0. The highest BCUT2D eigenvalue weighted by Crippen LogP contribution is 2.30. The van der Waals surface area contributed by atoms with Gasteiger partial charge in [-0.3, -0.25) is 0 Å². The lowest BCUT2D eigenvalue weighted by Crippen LogP contribution is -2.36. The van der Waals surface area contributed by atoms with Gasteiger partial charge in [-0.1, -0.05) is 29.8 Å². The number of benzene rings is 1. The van der Waals surface area contributed by atoms with Crippen LogP contribution in [-0.4, -0.2) is 23.1 Å². The Balaban J connectivity index is 1.54. The third-order valence-electron chi connectivity index (χ3n) is 4.67. The first-order valence-corrected chi connectivity index (χ1v) is 9.16. The molecule has 0 bridgehead atoms. The van der Waals surface area contributed by atoms with Crippen molar-refractivity contribution in [3.05, 3.63) is 53.2 Å². The number of nitrogens with zero attached hydrogens (tertiary/aromatic N) is 3. The zero-order chi connectivity index (χ0) is 15.6. The fourth-order valence-corrected chi connectivity index (χ4v) is 4.35. The lowest BCUT2D eigenvalue weighted by Gasteiger charge is -2.34. The van der Waals surface area contributed by atoms with Crippen molar-refractivity contribution in [3.63, 3.8) is 0 Å². The van der Waals surface area contributed by atoms with Gasteiger partial charge in [-0.15, -0.1) is 11.3 Å². The van der Waals surface area contributed by atoms with Crippen molar-refractivity contribution in [3.8, 4) is 0 Å². The van der Waals surface area contributed by atoms with Crippen LogP contribution in [0.3, 0.4) is 0 Å². The quantitative estimate of drug-likeness (QED) is 0.712. The Bertz CT molecular complexity index is 811. The summed E-state index contributed by atoms with van der Waals surface area (Å²) in [5.74, 6) is 1.82. The highest BCUT2D eigenvalue weighted by atomic mass is 32.1. The van der Waals surface area contributed by atoms with Crippen LogP contribution in [0, 0.1) is 12.8 Å². The molecule has 4 rings (SSSR count). The molecule has 1 atom stereocenters. The maximum atomic E-state index is 4.58. The summed E-state index contributed by atoms with van der Waals surface area (Å²) in [5, 5.41) is 3.31. The van der Waals surface area contributed by atoms with Gasteiger partial charge in [0.05, 0.1) is 5.39 Å². The molecular formula is C19H21N3S. The first kappa shape index (κ1) is 14.6. The molecule has 1 aliphatic rings. The third-order valence-corrected chi connectivity index (χ3v) is 5.49. The maximum absolute atomic E-state index is 4.58. The van der Waals surface area contributed by atoms with E-state index >= 15 is 0 Å². The molecule has 1 aliphatic heterocycles. The van der Waals surface area contributed by atoms with E-state index in [1.807, 2.05) is 0 Å². The fraction of sp³-hybridized carbons (Fsp3) is 0.368. The van der Waals surface area contributed by atoms with Gasteiger partial charge in [0.15, 0.2) is 0 Å². The van der Waals surface area contributed by atoms with Crippen molar-refractivity contribution in [2.45, 2.75) is 26.2 Å². The van der Waals surface area contributed by atoms with E-state index in [1.54, 1.807) is 17.7 Å². The number of piperidine rings is 1. The lowest BCUT2D eigenvalue weighted by atomic mass is 9.91. The second kappa shape index (κ2) is 6.28. The van der Waals surface area contributed by atoms with Crippen LogP contribution in [0.5, 0.6) is 0 Å². The van der Waals surface area contributed by atoms with Crippen LogP contribution in [0.25, 0.3) is 10.2 Å². The van der Waals surface area contributed by atoms with E-state index < -0.39 is 0 Å². The summed E-state index contributed by atoms with van der Waals surface area (Å²) >= 11 is 1.69. The average molecular weight is 323 g/mol. The summed E-state index contributed by atoms with van der Waals surface area (Å²) in [6.45, 7) is 4.37. The van der Waals surface area contributed by atoms with E-state index in [1.165, 1.54) is 29.4 Å². The molecule has 1 aromatic carbocycles. The topological polar surface area (TPSA) is 29.0 Å². The van der Waals surface area contributed by atoms with Crippen LogP contribution in [0.2, 0.25) is 0 Å².